The summed E-state index contributed by atoms with van der Waals surface area (Å²) in [5, 5.41) is 0. The van der Waals surface area contributed by atoms with Crippen LogP contribution in [0.1, 0.15) is 27.7 Å². The van der Waals surface area contributed by atoms with Gasteiger partial charge >= 0.3 is 0 Å². The molecule has 2 atom stereocenters. The van der Waals surface area contributed by atoms with Gasteiger partial charge < -0.3 is 4.90 Å². The molecule has 1 saturated heterocycles. The van der Waals surface area contributed by atoms with Crippen molar-refractivity contribution in [1.29, 1.82) is 0 Å². The maximum Gasteiger partial charge on any atom is 0.00148 e. The smallest absolute Gasteiger partial charge is 0.00148 e. The Morgan fingerprint density at radius 3 is 1.91 bits per heavy atom. The van der Waals surface area contributed by atoms with Gasteiger partial charge in [-0.05, 0) is 24.3 Å². The van der Waals surface area contributed by atoms with Gasteiger partial charge in [0, 0.05) is 13.1 Å². The van der Waals surface area contributed by atoms with Crippen molar-refractivity contribution in [3.63, 3.8) is 0 Å². The minimum Gasteiger partial charge on any atom is -0.306 e. The van der Waals surface area contributed by atoms with E-state index in [1.165, 1.54) is 13.1 Å². The molecule has 0 bridgehead atoms. The number of nitrogens with zero attached hydrogens (tertiary/aromatic N) is 1. The lowest BCUT2D eigenvalue weighted by Gasteiger charge is -2.29. The first-order chi connectivity index (χ1) is 4.91. The molecule has 1 nitrogen and oxygen atoms in total. The average Bonchev–Trinajstić information content (AvgIpc) is 2.08. The number of likely N-dealkylation sites (tertiary alicyclic amines) is 1. The first-order valence-electron chi connectivity index (χ1n) is 4.60. The number of hydrogen-bond donors (Lipinski definition) is 0. The van der Waals surface area contributed by atoms with Crippen LogP contribution < -0.4 is 0 Å². The van der Waals surface area contributed by atoms with E-state index in [1.807, 2.05) is 0 Å². The number of hydrogen-bond acceptors (Lipinski definition) is 1. The van der Waals surface area contributed by atoms with Crippen molar-refractivity contribution < 1.29 is 0 Å². The summed E-state index contributed by atoms with van der Waals surface area (Å²) in [5.41, 5.74) is 0.490. The minimum absolute atomic E-state index is 0.490. The summed E-state index contributed by atoms with van der Waals surface area (Å²) in [5.74, 6) is 1.76. The molecule has 2 unspecified atom stereocenters. The predicted octanol–water partition coefficient (Wildman–Crippen LogP) is 2.23. The summed E-state index contributed by atoms with van der Waals surface area (Å²) < 4.78 is 0. The highest BCUT2D eigenvalue weighted by atomic mass is 15.1. The molecule has 0 radical (unpaired) electrons. The van der Waals surface area contributed by atoms with E-state index in [4.69, 9.17) is 0 Å². The second-order valence-electron chi connectivity index (χ2n) is 5.17. The fourth-order valence-electron chi connectivity index (χ4n) is 2.34. The van der Waals surface area contributed by atoms with Crippen LogP contribution in [0.5, 0.6) is 0 Å². The maximum atomic E-state index is 2.45. The third-order valence-electron chi connectivity index (χ3n) is 2.91. The Hall–Kier alpha value is -0.0400. The fourth-order valence-corrected chi connectivity index (χ4v) is 2.34. The molecule has 0 N–H and O–H groups in total. The van der Waals surface area contributed by atoms with Gasteiger partial charge in [0.2, 0.25) is 0 Å². The molecule has 66 valence electrons. The van der Waals surface area contributed by atoms with E-state index in [-0.39, 0.29) is 0 Å². The summed E-state index contributed by atoms with van der Waals surface area (Å²) in [7, 11) is 2.22. The average molecular weight is 155 g/mol. The van der Waals surface area contributed by atoms with Crippen LogP contribution in [0.2, 0.25) is 0 Å². The van der Waals surface area contributed by atoms with E-state index < -0.39 is 0 Å². The molecule has 1 heterocycles. The van der Waals surface area contributed by atoms with Crippen LogP contribution in [0.15, 0.2) is 0 Å². The van der Waals surface area contributed by atoms with Crippen LogP contribution in [0.3, 0.4) is 0 Å². The summed E-state index contributed by atoms with van der Waals surface area (Å²) in [6, 6.07) is 0. The van der Waals surface area contributed by atoms with Crippen LogP contribution in [0.4, 0.5) is 0 Å². The Bertz CT molecular complexity index is 134. The summed E-state index contributed by atoms with van der Waals surface area (Å²) in [6.07, 6.45) is 0. The van der Waals surface area contributed by atoms with Crippen LogP contribution >= 0.6 is 0 Å². The molecular weight excluding hydrogens is 134 g/mol. The van der Waals surface area contributed by atoms with E-state index in [0.717, 1.165) is 11.8 Å². The minimum atomic E-state index is 0.490. The van der Waals surface area contributed by atoms with Crippen molar-refractivity contribution in [2.45, 2.75) is 27.7 Å². The summed E-state index contributed by atoms with van der Waals surface area (Å²) in [4.78, 5) is 2.45. The van der Waals surface area contributed by atoms with Gasteiger partial charge in [-0.1, -0.05) is 27.7 Å². The van der Waals surface area contributed by atoms with Gasteiger partial charge in [-0.15, -0.1) is 0 Å². The second kappa shape index (κ2) is 2.78. The lowest BCUT2D eigenvalue weighted by Crippen LogP contribution is -2.26. The molecule has 1 heteroatoms. The van der Waals surface area contributed by atoms with E-state index in [9.17, 15) is 0 Å². The molecule has 0 amide bonds. The molecule has 0 aromatic carbocycles. The zero-order chi connectivity index (χ0) is 8.65. The molecule has 0 aromatic heterocycles. The van der Waals surface area contributed by atoms with Gasteiger partial charge in [-0.25, -0.2) is 0 Å². The topological polar surface area (TPSA) is 3.24 Å². The Morgan fingerprint density at radius 2 is 1.73 bits per heavy atom. The molecule has 0 spiro atoms. The van der Waals surface area contributed by atoms with Gasteiger partial charge in [0.25, 0.3) is 0 Å². The van der Waals surface area contributed by atoms with Crippen molar-refractivity contribution >= 4 is 0 Å². The van der Waals surface area contributed by atoms with Gasteiger partial charge in [0.1, 0.15) is 0 Å². The van der Waals surface area contributed by atoms with E-state index in [1.54, 1.807) is 0 Å². The van der Waals surface area contributed by atoms with E-state index in [2.05, 4.69) is 39.6 Å². The van der Waals surface area contributed by atoms with Gasteiger partial charge in [0.05, 0.1) is 0 Å². The van der Waals surface area contributed by atoms with Crippen molar-refractivity contribution in [1.82, 2.24) is 4.90 Å². The largest absolute Gasteiger partial charge is 0.306 e. The van der Waals surface area contributed by atoms with Gasteiger partial charge in [-0.3, -0.25) is 0 Å². The van der Waals surface area contributed by atoms with Crippen LogP contribution in [-0.4, -0.2) is 25.0 Å². The van der Waals surface area contributed by atoms with Crippen molar-refractivity contribution in [3.8, 4) is 0 Å². The second-order valence-corrected chi connectivity index (χ2v) is 5.17. The Kier molecular flexibility index (Phi) is 2.29. The fraction of sp³-hybridized carbons (Fsp3) is 1.00. The Labute approximate surface area is 70.8 Å². The van der Waals surface area contributed by atoms with E-state index >= 15 is 0 Å². The van der Waals surface area contributed by atoms with Crippen LogP contribution in [-0.2, 0) is 0 Å². The zero-order valence-corrected chi connectivity index (χ0v) is 8.52. The molecule has 0 aliphatic carbocycles. The zero-order valence-electron chi connectivity index (χ0n) is 8.52. The lowest BCUT2D eigenvalue weighted by molar-refractivity contribution is 0.207. The quantitative estimate of drug-likeness (QED) is 0.518. The SMILES string of the molecule is CC1CN(C)CC1C(C)(C)C. The molecule has 11 heavy (non-hydrogen) atoms. The molecule has 1 fully saturated rings. The molecule has 1 rings (SSSR count). The van der Waals surface area contributed by atoms with Crippen molar-refractivity contribution in [3.05, 3.63) is 0 Å². The van der Waals surface area contributed by atoms with Crippen molar-refractivity contribution in [2.75, 3.05) is 20.1 Å². The van der Waals surface area contributed by atoms with Gasteiger partial charge in [-0.2, -0.15) is 0 Å². The lowest BCUT2D eigenvalue weighted by atomic mass is 9.76. The normalized spacial score (nSPS) is 34.6. The summed E-state index contributed by atoms with van der Waals surface area (Å²) in [6.45, 7) is 12.0. The first-order valence-corrected chi connectivity index (χ1v) is 4.60. The standard InChI is InChI=1S/C10H21N/c1-8-6-11(5)7-9(8)10(2,3)4/h8-9H,6-7H2,1-5H3. The molecule has 0 saturated carbocycles. The van der Waals surface area contributed by atoms with Gasteiger partial charge in [0.15, 0.2) is 0 Å². The molecule has 1 aliphatic heterocycles. The molecular formula is C10H21N. The predicted molar refractivity (Wildman–Crippen MR) is 49.6 cm³/mol. The Balaban J connectivity index is 2.60. The first kappa shape index (κ1) is 9.05. The van der Waals surface area contributed by atoms with Crippen LogP contribution in [0, 0.1) is 17.3 Å². The third-order valence-corrected chi connectivity index (χ3v) is 2.91. The number of rotatable bonds is 0. The van der Waals surface area contributed by atoms with Crippen molar-refractivity contribution in [2.24, 2.45) is 17.3 Å². The molecule has 0 aromatic rings. The summed E-state index contributed by atoms with van der Waals surface area (Å²) >= 11 is 0. The molecule has 1 aliphatic rings. The van der Waals surface area contributed by atoms with Crippen LogP contribution in [0.25, 0.3) is 0 Å². The third kappa shape index (κ3) is 1.96. The highest BCUT2D eigenvalue weighted by molar-refractivity contribution is 4.86. The monoisotopic (exact) mass is 155 g/mol. The Morgan fingerprint density at radius 1 is 1.18 bits per heavy atom. The highest BCUT2D eigenvalue weighted by Gasteiger charge is 2.35. The maximum absolute atomic E-state index is 2.45. The van der Waals surface area contributed by atoms with E-state index in [0.29, 0.717) is 5.41 Å². The highest BCUT2D eigenvalue weighted by Crippen LogP contribution is 2.36.